The lowest BCUT2D eigenvalue weighted by Gasteiger charge is -2.23. The van der Waals surface area contributed by atoms with Crippen LogP contribution in [-0.4, -0.2) is 45.8 Å². The highest BCUT2D eigenvalue weighted by atomic mass is 16.6. The van der Waals surface area contributed by atoms with Gasteiger partial charge in [-0.05, 0) is 24.6 Å². The van der Waals surface area contributed by atoms with E-state index >= 15 is 0 Å². The predicted octanol–water partition coefficient (Wildman–Crippen LogP) is 1.27. The Labute approximate surface area is 128 Å². The zero-order valence-electron chi connectivity index (χ0n) is 12.6. The Bertz CT molecular complexity index is 657. The largest absolute Gasteiger partial charge is 0.486 e. The molecule has 1 atom stereocenters. The summed E-state index contributed by atoms with van der Waals surface area (Å²) < 4.78 is 12.6. The number of carbonyl (C=O) groups is 1. The molecule has 0 bridgehead atoms. The van der Waals surface area contributed by atoms with E-state index in [4.69, 9.17) is 9.47 Å². The van der Waals surface area contributed by atoms with Crippen molar-refractivity contribution in [2.45, 2.75) is 19.5 Å². The van der Waals surface area contributed by atoms with Crippen LogP contribution in [-0.2, 0) is 11.3 Å². The molecule has 0 radical (unpaired) electrons. The summed E-state index contributed by atoms with van der Waals surface area (Å²) in [7, 11) is 1.77. The van der Waals surface area contributed by atoms with Crippen molar-refractivity contribution in [1.82, 2.24) is 19.7 Å². The predicted molar refractivity (Wildman–Crippen MR) is 78.6 cm³/mol. The quantitative estimate of drug-likeness (QED) is 0.850. The second-order valence-corrected chi connectivity index (χ2v) is 5.22. The molecule has 2 heterocycles. The Morgan fingerprint density at radius 1 is 1.36 bits per heavy atom. The fraction of sp³-hybridized carbons (Fsp3) is 0.400. The van der Waals surface area contributed by atoms with E-state index in [2.05, 4.69) is 10.1 Å². The molecule has 1 aromatic carbocycles. The van der Waals surface area contributed by atoms with Crippen LogP contribution in [0, 0.1) is 0 Å². The van der Waals surface area contributed by atoms with Crippen molar-refractivity contribution in [2.75, 3.05) is 20.3 Å². The highest BCUT2D eigenvalue weighted by Crippen LogP contribution is 2.31. The fourth-order valence-electron chi connectivity index (χ4n) is 2.39. The van der Waals surface area contributed by atoms with Crippen LogP contribution in [0.1, 0.15) is 18.5 Å². The first-order valence-corrected chi connectivity index (χ1v) is 7.13. The number of aromatic nitrogens is 3. The van der Waals surface area contributed by atoms with E-state index in [-0.39, 0.29) is 11.9 Å². The van der Waals surface area contributed by atoms with E-state index in [1.54, 1.807) is 29.9 Å². The first-order valence-electron chi connectivity index (χ1n) is 7.13. The van der Waals surface area contributed by atoms with Gasteiger partial charge in [-0.3, -0.25) is 4.79 Å². The van der Waals surface area contributed by atoms with Crippen LogP contribution in [0.15, 0.2) is 30.9 Å². The van der Waals surface area contributed by atoms with Gasteiger partial charge in [-0.2, -0.15) is 5.10 Å². The Morgan fingerprint density at radius 2 is 2.14 bits per heavy atom. The molecule has 0 saturated heterocycles. The zero-order chi connectivity index (χ0) is 15.5. The van der Waals surface area contributed by atoms with Gasteiger partial charge in [-0.1, -0.05) is 6.07 Å². The van der Waals surface area contributed by atoms with Crippen molar-refractivity contribution >= 4 is 5.91 Å². The molecule has 0 spiro atoms. The summed E-state index contributed by atoms with van der Waals surface area (Å²) >= 11 is 0. The van der Waals surface area contributed by atoms with Crippen molar-refractivity contribution in [3.8, 4) is 11.5 Å². The number of hydrogen-bond acceptors (Lipinski definition) is 5. The van der Waals surface area contributed by atoms with Gasteiger partial charge in [0.1, 0.15) is 31.9 Å². The summed E-state index contributed by atoms with van der Waals surface area (Å²) in [5, 5.41) is 4.01. The molecule has 1 aliphatic heterocycles. The third-order valence-electron chi connectivity index (χ3n) is 3.59. The van der Waals surface area contributed by atoms with E-state index in [1.165, 1.54) is 6.33 Å². The monoisotopic (exact) mass is 302 g/mol. The molecule has 1 aromatic heterocycles. The SMILES string of the molecule is C[C@H](C(=O)N(C)Cc1ccc2c(c1)OCCO2)n1cncn1. The molecule has 22 heavy (non-hydrogen) atoms. The molecule has 7 heteroatoms. The van der Waals surface area contributed by atoms with Gasteiger partial charge in [0, 0.05) is 13.6 Å². The molecule has 1 aliphatic rings. The Balaban J connectivity index is 1.68. The summed E-state index contributed by atoms with van der Waals surface area (Å²) in [4.78, 5) is 17.9. The molecular formula is C15H18N4O3. The van der Waals surface area contributed by atoms with Gasteiger partial charge < -0.3 is 14.4 Å². The van der Waals surface area contributed by atoms with Crippen molar-refractivity contribution in [3.05, 3.63) is 36.4 Å². The molecule has 0 fully saturated rings. The van der Waals surface area contributed by atoms with E-state index in [9.17, 15) is 4.79 Å². The van der Waals surface area contributed by atoms with E-state index in [0.717, 1.165) is 17.1 Å². The van der Waals surface area contributed by atoms with Gasteiger partial charge in [0.25, 0.3) is 0 Å². The Kier molecular flexibility index (Phi) is 3.95. The number of nitrogens with zero attached hydrogens (tertiary/aromatic N) is 4. The maximum absolute atomic E-state index is 12.4. The third kappa shape index (κ3) is 2.88. The first-order chi connectivity index (χ1) is 10.6. The molecule has 3 rings (SSSR count). The number of fused-ring (bicyclic) bond motifs is 1. The van der Waals surface area contributed by atoms with Crippen LogP contribution in [0.3, 0.4) is 0 Å². The second-order valence-electron chi connectivity index (χ2n) is 5.22. The molecule has 0 N–H and O–H groups in total. The second kappa shape index (κ2) is 6.05. The summed E-state index contributed by atoms with van der Waals surface area (Å²) in [6.45, 7) is 3.42. The zero-order valence-corrected chi connectivity index (χ0v) is 12.6. The fourth-order valence-corrected chi connectivity index (χ4v) is 2.39. The van der Waals surface area contributed by atoms with Crippen LogP contribution in [0.2, 0.25) is 0 Å². The molecular weight excluding hydrogens is 284 g/mol. The smallest absolute Gasteiger partial charge is 0.247 e. The van der Waals surface area contributed by atoms with Crippen LogP contribution in [0.5, 0.6) is 11.5 Å². The maximum atomic E-state index is 12.4. The van der Waals surface area contributed by atoms with Crippen molar-refractivity contribution < 1.29 is 14.3 Å². The molecule has 0 saturated carbocycles. The number of amides is 1. The highest BCUT2D eigenvalue weighted by molar-refractivity contribution is 5.79. The van der Waals surface area contributed by atoms with Crippen molar-refractivity contribution in [2.24, 2.45) is 0 Å². The minimum atomic E-state index is -0.385. The number of carbonyl (C=O) groups excluding carboxylic acids is 1. The summed E-state index contributed by atoms with van der Waals surface area (Å²) in [5.41, 5.74) is 0.992. The topological polar surface area (TPSA) is 69.5 Å². The number of hydrogen-bond donors (Lipinski definition) is 0. The van der Waals surface area contributed by atoms with E-state index < -0.39 is 0 Å². The summed E-state index contributed by atoms with van der Waals surface area (Å²) in [5.74, 6) is 1.45. The number of ether oxygens (including phenoxy) is 2. The van der Waals surface area contributed by atoms with Gasteiger partial charge in [0.15, 0.2) is 11.5 Å². The van der Waals surface area contributed by atoms with Gasteiger partial charge in [0.2, 0.25) is 5.91 Å². The minimum absolute atomic E-state index is 0.0274. The summed E-state index contributed by atoms with van der Waals surface area (Å²) in [6.07, 6.45) is 2.96. The molecule has 2 aromatic rings. The number of benzene rings is 1. The molecule has 0 aliphatic carbocycles. The minimum Gasteiger partial charge on any atom is -0.486 e. The van der Waals surface area contributed by atoms with Crippen LogP contribution in [0.4, 0.5) is 0 Å². The highest BCUT2D eigenvalue weighted by Gasteiger charge is 2.20. The van der Waals surface area contributed by atoms with Gasteiger partial charge in [-0.25, -0.2) is 9.67 Å². The normalized spacial score (nSPS) is 14.5. The van der Waals surface area contributed by atoms with Crippen molar-refractivity contribution in [1.29, 1.82) is 0 Å². The van der Waals surface area contributed by atoms with Crippen LogP contribution < -0.4 is 9.47 Å². The lowest BCUT2D eigenvalue weighted by atomic mass is 10.1. The average Bonchev–Trinajstić information content (AvgIpc) is 3.07. The maximum Gasteiger partial charge on any atom is 0.247 e. The molecule has 116 valence electrons. The van der Waals surface area contributed by atoms with E-state index in [1.807, 2.05) is 18.2 Å². The first kappa shape index (κ1) is 14.4. The average molecular weight is 302 g/mol. The van der Waals surface area contributed by atoms with Crippen LogP contribution in [0.25, 0.3) is 0 Å². The van der Waals surface area contributed by atoms with Crippen LogP contribution >= 0.6 is 0 Å². The lowest BCUT2D eigenvalue weighted by molar-refractivity contribution is -0.133. The van der Waals surface area contributed by atoms with Crippen molar-refractivity contribution in [3.63, 3.8) is 0 Å². The molecule has 7 nitrogen and oxygen atoms in total. The molecule has 1 amide bonds. The van der Waals surface area contributed by atoms with E-state index in [0.29, 0.717) is 19.8 Å². The Hall–Kier alpha value is -2.57. The lowest BCUT2D eigenvalue weighted by Crippen LogP contribution is -2.33. The number of likely N-dealkylation sites (N-methyl/N-ethyl adjacent to an activating group) is 1. The van der Waals surface area contributed by atoms with Gasteiger partial charge in [0.05, 0.1) is 0 Å². The van der Waals surface area contributed by atoms with Gasteiger partial charge >= 0.3 is 0 Å². The standard InChI is InChI=1S/C15H18N4O3/c1-11(19-10-16-9-17-19)15(20)18(2)8-12-3-4-13-14(7-12)22-6-5-21-13/h3-4,7,9-11H,5-6,8H2,1-2H3/t11-/m1/s1. The summed E-state index contributed by atoms with van der Waals surface area (Å²) in [6, 6.07) is 5.35. The van der Waals surface area contributed by atoms with Gasteiger partial charge in [-0.15, -0.1) is 0 Å². The molecule has 0 unspecified atom stereocenters. The number of rotatable bonds is 4. The Morgan fingerprint density at radius 3 is 2.86 bits per heavy atom. The third-order valence-corrected chi connectivity index (χ3v) is 3.59.